The molecule has 1 aromatic carbocycles. The molecule has 0 saturated carbocycles. The van der Waals surface area contributed by atoms with Gasteiger partial charge in [-0.25, -0.2) is 0 Å². The molecule has 1 aromatic rings. The lowest BCUT2D eigenvalue weighted by molar-refractivity contribution is -0.135. The molecule has 1 saturated heterocycles. The standard InChI is InChI=1S/C19H30N2O.ClH/c1-4-14(2)18(17-8-6-5-7-9-17)19(22)21-12-10-16(11-13-21)15(3)20;/h5-9,14-16,18H,4,10-13,20H2,1-3H3;1H. The highest BCUT2D eigenvalue weighted by molar-refractivity contribution is 5.85. The van der Waals surface area contributed by atoms with Crippen LogP contribution in [0.25, 0.3) is 0 Å². The topological polar surface area (TPSA) is 46.3 Å². The number of rotatable bonds is 5. The second-order valence-corrected chi connectivity index (χ2v) is 6.80. The van der Waals surface area contributed by atoms with Crippen molar-refractivity contribution < 1.29 is 4.79 Å². The molecule has 4 heteroatoms. The molecular weight excluding hydrogens is 308 g/mol. The molecule has 0 aromatic heterocycles. The zero-order chi connectivity index (χ0) is 16.1. The minimum absolute atomic E-state index is 0. The largest absolute Gasteiger partial charge is 0.342 e. The summed E-state index contributed by atoms with van der Waals surface area (Å²) in [5.41, 5.74) is 7.16. The number of halogens is 1. The van der Waals surface area contributed by atoms with E-state index in [1.54, 1.807) is 0 Å². The number of piperidine rings is 1. The smallest absolute Gasteiger partial charge is 0.230 e. The first-order chi connectivity index (χ1) is 10.5. The monoisotopic (exact) mass is 338 g/mol. The van der Waals surface area contributed by atoms with Crippen LogP contribution in [-0.2, 0) is 4.79 Å². The van der Waals surface area contributed by atoms with Gasteiger partial charge in [-0.3, -0.25) is 4.79 Å². The molecule has 1 aliphatic heterocycles. The number of nitrogens with two attached hydrogens (primary N) is 1. The van der Waals surface area contributed by atoms with Crippen LogP contribution in [-0.4, -0.2) is 29.9 Å². The summed E-state index contributed by atoms with van der Waals surface area (Å²) in [4.78, 5) is 15.1. The summed E-state index contributed by atoms with van der Waals surface area (Å²) in [7, 11) is 0. The lowest BCUT2D eigenvalue weighted by Gasteiger charge is -2.37. The maximum absolute atomic E-state index is 13.1. The lowest BCUT2D eigenvalue weighted by Crippen LogP contribution is -2.45. The normalized spacial score (nSPS) is 19.6. The van der Waals surface area contributed by atoms with Gasteiger partial charge in [0.25, 0.3) is 0 Å². The van der Waals surface area contributed by atoms with E-state index in [0.717, 1.165) is 37.9 Å². The van der Waals surface area contributed by atoms with E-state index >= 15 is 0 Å². The number of amides is 1. The van der Waals surface area contributed by atoms with Gasteiger partial charge in [0.05, 0.1) is 5.92 Å². The number of likely N-dealkylation sites (tertiary alicyclic amines) is 1. The van der Waals surface area contributed by atoms with Crippen molar-refractivity contribution in [1.82, 2.24) is 4.90 Å². The predicted molar refractivity (Wildman–Crippen MR) is 98.8 cm³/mol. The van der Waals surface area contributed by atoms with E-state index < -0.39 is 0 Å². The molecule has 2 N–H and O–H groups in total. The van der Waals surface area contributed by atoms with Gasteiger partial charge >= 0.3 is 0 Å². The molecule has 1 fully saturated rings. The van der Waals surface area contributed by atoms with Gasteiger partial charge in [-0.15, -0.1) is 12.4 Å². The Bertz CT molecular complexity index is 470. The van der Waals surface area contributed by atoms with Gasteiger partial charge in [-0.1, -0.05) is 50.6 Å². The Morgan fingerprint density at radius 3 is 2.26 bits per heavy atom. The van der Waals surface area contributed by atoms with E-state index in [1.807, 2.05) is 18.2 Å². The number of hydrogen-bond donors (Lipinski definition) is 1. The minimum Gasteiger partial charge on any atom is -0.342 e. The van der Waals surface area contributed by atoms with Crippen molar-refractivity contribution in [2.75, 3.05) is 13.1 Å². The summed E-state index contributed by atoms with van der Waals surface area (Å²) in [5, 5.41) is 0. The molecule has 130 valence electrons. The number of carbonyl (C=O) groups is 1. The van der Waals surface area contributed by atoms with Crippen LogP contribution in [0.15, 0.2) is 30.3 Å². The predicted octanol–water partition coefficient (Wildman–Crippen LogP) is 3.82. The average molecular weight is 339 g/mol. The van der Waals surface area contributed by atoms with Gasteiger partial charge in [0.2, 0.25) is 5.91 Å². The van der Waals surface area contributed by atoms with E-state index in [-0.39, 0.29) is 24.4 Å². The summed E-state index contributed by atoms with van der Waals surface area (Å²) in [5.74, 6) is 1.20. The van der Waals surface area contributed by atoms with Crippen LogP contribution in [0.3, 0.4) is 0 Å². The molecule has 0 radical (unpaired) electrons. The van der Waals surface area contributed by atoms with Crippen molar-refractivity contribution in [1.29, 1.82) is 0 Å². The number of hydrogen-bond acceptors (Lipinski definition) is 2. The lowest BCUT2D eigenvalue weighted by atomic mass is 9.83. The Morgan fingerprint density at radius 1 is 1.22 bits per heavy atom. The molecule has 1 aliphatic rings. The Kier molecular flexibility index (Phi) is 8.07. The maximum Gasteiger partial charge on any atom is 0.230 e. The highest BCUT2D eigenvalue weighted by Crippen LogP contribution is 2.31. The fourth-order valence-corrected chi connectivity index (χ4v) is 3.45. The summed E-state index contributed by atoms with van der Waals surface area (Å²) < 4.78 is 0. The number of benzene rings is 1. The quantitative estimate of drug-likeness (QED) is 0.887. The summed E-state index contributed by atoms with van der Waals surface area (Å²) >= 11 is 0. The molecule has 0 bridgehead atoms. The van der Waals surface area contributed by atoms with Gasteiger partial charge in [-0.05, 0) is 37.2 Å². The van der Waals surface area contributed by atoms with E-state index in [1.165, 1.54) is 0 Å². The second kappa shape index (κ2) is 9.29. The minimum atomic E-state index is -0.0157. The van der Waals surface area contributed by atoms with Gasteiger partial charge in [0.1, 0.15) is 0 Å². The summed E-state index contributed by atoms with van der Waals surface area (Å²) in [6, 6.07) is 10.5. The van der Waals surface area contributed by atoms with Crippen LogP contribution >= 0.6 is 12.4 Å². The third-order valence-electron chi connectivity index (χ3n) is 5.23. The van der Waals surface area contributed by atoms with E-state index in [4.69, 9.17) is 5.73 Å². The molecular formula is C19H31ClN2O. The Morgan fingerprint density at radius 2 is 1.78 bits per heavy atom. The fourth-order valence-electron chi connectivity index (χ4n) is 3.45. The number of carbonyl (C=O) groups excluding carboxylic acids is 1. The third kappa shape index (κ3) is 4.95. The van der Waals surface area contributed by atoms with Crippen LogP contribution in [0, 0.1) is 11.8 Å². The maximum atomic E-state index is 13.1. The van der Waals surface area contributed by atoms with Crippen LogP contribution in [0.5, 0.6) is 0 Å². The van der Waals surface area contributed by atoms with Crippen LogP contribution < -0.4 is 5.73 Å². The third-order valence-corrected chi connectivity index (χ3v) is 5.23. The first-order valence-corrected chi connectivity index (χ1v) is 8.63. The van der Waals surface area contributed by atoms with Gasteiger partial charge in [0.15, 0.2) is 0 Å². The fraction of sp³-hybridized carbons (Fsp3) is 0.632. The van der Waals surface area contributed by atoms with Crippen molar-refractivity contribution >= 4 is 18.3 Å². The van der Waals surface area contributed by atoms with Crippen LogP contribution in [0.1, 0.15) is 51.5 Å². The van der Waals surface area contributed by atoms with Gasteiger partial charge in [0, 0.05) is 19.1 Å². The summed E-state index contributed by atoms with van der Waals surface area (Å²) in [6.45, 7) is 8.13. The molecule has 1 heterocycles. The first-order valence-electron chi connectivity index (χ1n) is 8.63. The molecule has 23 heavy (non-hydrogen) atoms. The van der Waals surface area contributed by atoms with Crippen molar-refractivity contribution in [3.63, 3.8) is 0 Å². The van der Waals surface area contributed by atoms with Crippen molar-refractivity contribution in [3.05, 3.63) is 35.9 Å². The molecule has 3 nitrogen and oxygen atoms in total. The first kappa shape index (κ1) is 20.0. The SMILES string of the molecule is CCC(C)C(C(=O)N1CCC(C(C)N)CC1)c1ccccc1.Cl. The van der Waals surface area contributed by atoms with Crippen molar-refractivity contribution in [2.45, 2.75) is 52.0 Å². The van der Waals surface area contributed by atoms with Gasteiger partial charge in [-0.2, -0.15) is 0 Å². The average Bonchev–Trinajstić information content (AvgIpc) is 2.55. The molecule has 1 amide bonds. The zero-order valence-electron chi connectivity index (χ0n) is 14.6. The van der Waals surface area contributed by atoms with Crippen LogP contribution in [0.4, 0.5) is 0 Å². The zero-order valence-corrected chi connectivity index (χ0v) is 15.4. The van der Waals surface area contributed by atoms with Crippen molar-refractivity contribution in [2.24, 2.45) is 17.6 Å². The molecule has 0 aliphatic carbocycles. The van der Waals surface area contributed by atoms with Crippen LogP contribution in [0.2, 0.25) is 0 Å². The second-order valence-electron chi connectivity index (χ2n) is 6.80. The van der Waals surface area contributed by atoms with Crippen molar-refractivity contribution in [3.8, 4) is 0 Å². The Hall–Kier alpha value is -1.06. The molecule has 0 spiro atoms. The summed E-state index contributed by atoms with van der Waals surface area (Å²) in [6.07, 6.45) is 3.08. The molecule has 3 unspecified atom stereocenters. The number of nitrogens with zero attached hydrogens (tertiary/aromatic N) is 1. The molecule has 2 rings (SSSR count). The van der Waals surface area contributed by atoms with E-state index in [9.17, 15) is 4.79 Å². The van der Waals surface area contributed by atoms with Gasteiger partial charge < -0.3 is 10.6 Å². The van der Waals surface area contributed by atoms with E-state index in [2.05, 4.69) is 37.8 Å². The highest BCUT2D eigenvalue weighted by atomic mass is 35.5. The molecule has 3 atom stereocenters. The highest BCUT2D eigenvalue weighted by Gasteiger charge is 2.32. The Balaban J connectivity index is 0.00000264. The Labute approximate surface area is 147 Å². The van der Waals surface area contributed by atoms with E-state index in [0.29, 0.717) is 17.7 Å².